The smallest absolute Gasteiger partial charge is 0.206 e. The molecule has 3 N–H and O–H groups in total. The van der Waals surface area contributed by atoms with E-state index in [1.807, 2.05) is 31.1 Å². The van der Waals surface area contributed by atoms with E-state index in [9.17, 15) is 5.11 Å². The van der Waals surface area contributed by atoms with E-state index in [1.165, 1.54) is 0 Å². The minimum atomic E-state index is 0.0636. The summed E-state index contributed by atoms with van der Waals surface area (Å²) in [5.41, 5.74) is 7.19. The summed E-state index contributed by atoms with van der Waals surface area (Å²) in [5.74, 6) is 9.58. The zero-order chi connectivity index (χ0) is 24.4. The van der Waals surface area contributed by atoms with E-state index in [0.717, 1.165) is 31.7 Å². The summed E-state index contributed by atoms with van der Waals surface area (Å²) in [6, 6.07) is 10.7. The average molecular weight is 472 g/mol. The fourth-order valence-electron chi connectivity index (χ4n) is 4.87. The number of anilines is 2. The topological polar surface area (TPSA) is 114 Å². The van der Waals surface area contributed by atoms with Crippen LogP contribution in [0.1, 0.15) is 18.7 Å². The molecule has 0 bridgehead atoms. The molecule has 1 saturated heterocycles. The summed E-state index contributed by atoms with van der Waals surface area (Å²) in [4.78, 5) is 13.3. The number of hydrogen-bond donors (Lipinski definition) is 2. The number of nitrogens with two attached hydrogens (primary N) is 1. The number of aromatic nitrogens is 4. The number of phenols is 1. The lowest BCUT2D eigenvalue weighted by Gasteiger charge is -2.21. The van der Waals surface area contributed by atoms with Crippen LogP contribution in [0.5, 0.6) is 11.5 Å². The van der Waals surface area contributed by atoms with Gasteiger partial charge in [-0.05, 0) is 62.9 Å². The van der Waals surface area contributed by atoms with Crippen LogP contribution in [0.4, 0.5) is 11.6 Å². The van der Waals surface area contributed by atoms with Gasteiger partial charge in [-0.25, -0.2) is 9.97 Å². The average Bonchev–Trinajstić information content (AvgIpc) is 3.40. The molecule has 0 spiro atoms. The Kier molecular flexibility index (Phi) is 6.38. The Morgan fingerprint density at radius 1 is 1.14 bits per heavy atom. The number of aromatic hydroxyl groups is 1. The second-order valence-corrected chi connectivity index (χ2v) is 9.41. The van der Waals surface area contributed by atoms with E-state index in [4.69, 9.17) is 10.5 Å². The lowest BCUT2D eigenvalue weighted by molar-refractivity contribution is 0.201. The second-order valence-electron chi connectivity index (χ2n) is 9.41. The molecule has 3 heterocycles. The van der Waals surface area contributed by atoms with Crippen LogP contribution in [0.15, 0.2) is 42.6 Å². The number of rotatable bonds is 5. The molecular weight excluding hydrogens is 442 g/mol. The van der Waals surface area contributed by atoms with Gasteiger partial charge in [-0.3, -0.25) is 4.90 Å². The standard InChI is InChI=1S/C26H29N7O2/c1-32(2)11-5-8-24-28-10-9-25(29-24)33-15-17-12-19(13-18(17)16-33)35-23-14-21(30-31-26(23)27)20-6-3-4-7-22(20)34/h3-4,6-7,9-10,14,17-19,34H,11-13,15-16H2,1-2H3,(H2,27,31). The largest absolute Gasteiger partial charge is 0.507 e. The van der Waals surface area contributed by atoms with Crippen molar-refractivity contribution in [3.8, 4) is 34.6 Å². The first-order valence-corrected chi connectivity index (χ1v) is 11.8. The molecule has 1 aliphatic carbocycles. The van der Waals surface area contributed by atoms with E-state index < -0.39 is 0 Å². The number of ether oxygens (including phenoxy) is 1. The molecule has 180 valence electrons. The maximum absolute atomic E-state index is 10.2. The molecule has 9 heteroatoms. The van der Waals surface area contributed by atoms with E-state index in [-0.39, 0.29) is 17.7 Å². The van der Waals surface area contributed by atoms with Crippen molar-refractivity contribution in [3.05, 3.63) is 48.4 Å². The first-order valence-electron chi connectivity index (χ1n) is 11.8. The highest BCUT2D eigenvalue weighted by Gasteiger charge is 2.42. The van der Waals surface area contributed by atoms with Crippen molar-refractivity contribution in [2.24, 2.45) is 11.8 Å². The van der Waals surface area contributed by atoms with Crippen molar-refractivity contribution in [3.63, 3.8) is 0 Å². The summed E-state index contributed by atoms with van der Waals surface area (Å²) in [5, 5.41) is 18.3. The van der Waals surface area contributed by atoms with E-state index in [1.54, 1.807) is 30.5 Å². The van der Waals surface area contributed by atoms with Crippen LogP contribution in [0.3, 0.4) is 0 Å². The quantitative estimate of drug-likeness (QED) is 0.542. The Balaban J connectivity index is 1.23. The van der Waals surface area contributed by atoms with Crippen molar-refractivity contribution in [2.45, 2.75) is 18.9 Å². The molecule has 5 rings (SSSR count). The fourth-order valence-corrected chi connectivity index (χ4v) is 4.87. The number of fused-ring (bicyclic) bond motifs is 1. The summed E-state index contributed by atoms with van der Waals surface area (Å²) in [7, 11) is 3.97. The molecule has 2 atom stereocenters. The van der Waals surface area contributed by atoms with Crippen molar-refractivity contribution in [2.75, 3.05) is 44.4 Å². The third kappa shape index (κ3) is 5.12. The molecule has 9 nitrogen and oxygen atoms in total. The lowest BCUT2D eigenvalue weighted by atomic mass is 10.0. The summed E-state index contributed by atoms with van der Waals surface area (Å²) in [6.45, 7) is 2.53. The van der Waals surface area contributed by atoms with Gasteiger partial charge in [-0.1, -0.05) is 18.1 Å². The summed E-state index contributed by atoms with van der Waals surface area (Å²) in [6.07, 6.45) is 3.72. The highest BCUT2D eigenvalue weighted by molar-refractivity contribution is 5.68. The number of phenolic OH excluding ortho intramolecular Hbond substituents is 1. The third-order valence-electron chi connectivity index (χ3n) is 6.53. The van der Waals surface area contributed by atoms with Crippen LogP contribution in [-0.4, -0.2) is 70.0 Å². The first kappa shape index (κ1) is 22.9. The maximum Gasteiger partial charge on any atom is 0.206 e. The third-order valence-corrected chi connectivity index (χ3v) is 6.53. The molecule has 1 aromatic carbocycles. The van der Waals surface area contributed by atoms with Gasteiger partial charge in [0.1, 0.15) is 17.3 Å². The summed E-state index contributed by atoms with van der Waals surface area (Å²) >= 11 is 0. The van der Waals surface area contributed by atoms with Gasteiger partial charge in [-0.2, -0.15) is 0 Å². The van der Waals surface area contributed by atoms with Crippen LogP contribution >= 0.6 is 0 Å². The molecule has 1 aliphatic heterocycles. The van der Waals surface area contributed by atoms with Gasteiger partial charge in [0.15, 0.2) is 11.6 Å². The molecule has 2 unspecified atom stereocenters. The van der Waals surface area contributed by atoms with Crippen molar-refractivity contribution in [1.29, 1.82) is 0 Å². The van der Waals surface area contributed by atoms with Crippen molar-refractivity contribution < 1.29 is 9.84 Å². The van der Waals surface area contributed by atoms with Gasteiger partial charge >= 0.3 is 0 Å². The van der Waals surface area contributed by atoms with Crippen LogP contribution in [0.2, 0.25) is 0 Å². The highest BCUT2D eigenvalue weighted by Crippen LogP contribution is 2.42. The van der Waals surface area contributed by atoms with Crippen LogP contribution < -0.4 is 15.4 Å². The first-order chi connectivity index (χ1) is 17.0. The molecule has 0 amide bonds. The van der Waals surface area contributed by atoms with Gasteiger partial charge in [0.05, 0.1) is 12.6 Å². The zero-order valence-electron chi connectivity index (χ0n) is 19.9. The number of hydrogen-bond acceptors (Lipinski definition) is 9. The number of nitrogens with zero attached hydrogens (tertiary/aromatic N) is 6. The van der Waals surface area contributed by atoms with Crippen LogP contribution in [0.25, 0.3) is 11.3 Å². The molecule has 2 fully saturated rings. The van der Waals surface area contributed by atoms with Gasteiger partial charge in [-0.15, -0.1) is 10.2 Å². The van der Waals surface area contributed by atoms with Gasteiger partial charge in [0, 0.05) is 30.9 Å². The molecule has 35 heavy (non-hydrogen) atoms. The number of para-hydroxylation sites is 1. The molecule has 2 aromatic heterocycles. The Morgan fingerprint density at radius 3 is 2.66 bits per heavy atom. The van der Waals surface area contributed by atoms with E-state index >= 15 is 0 Å². The summed E-state index contributed by atoms with van der Waals surface area (Å²) < 4.78 is 6.29. The minimum Gasteiger partial charge on any atom is -0.507 e. The maximum atomic E-state index is 10.2. The van der Waals surface area contributed by atoms with Gasteiger partial charge in [0.2, 0.25) is 5.82 Å². The van der Waals surface area contributed by atoms with E-state index in [0.29, 0.717) is 41.2 Å². The van der Waals surface area contributed by atoms with Crippen LogP contribution in [-0.2, 0) is 0 Å². The fraction of sp³-hybridized carbons (Fsp3) is 0.385. The monoisotopic (exact) mass is 471 g/mol. The predicted octanol–water partition coefficient (Wildman–Crippen LogP) is 2.43. The Hall–Kier alpha value is -3.90. The van der Waals surface area contributed by atoms with Crippen molar-refractivity contribution in [1.82, 2.24) is 25.1 Å². The minimum absolute atomic E-state index is 0.0636. The van der Waals surface area contributed by atoms with Crippen LogP contribution in [0, 0.1) is 23.7 Å². The van der Waals surface area contributed by atoms with Crippen molar-refractivity contribution >= 4 is 11.6 Å². The molecule has 1 saturated carbocycles. The number of nitrogen functional groups attached to an aromatic ring is 1. The van der Waals surface area contributed by atoms with E-state index in [2.05, 4.69) is 36.9 Å². The Labute approximate surface area is 205 Å². The molecule has 3 aromatic rings. The molecule has 2 aliphatic rings. The highest BCUT2D eigenvalue weighted by atomic mass is 16.5. The Morgan fingerprint density at radius 2 is 1.91 bits per heavy atom. The normalized spacial score (nSPS) is 21.0. The number of benzene rings is 1. The molecular formula is C26H29N7O2. The predicted molar refractivity (Wildman–Crippen MR) is 134 cm³/mol. The Bertz CT molecular complexity index is 1260. The second kappa shape index (κ2) is 9.76. The van der Waals surface area contributed by atoms with Gasteiger partial charge in [0.25, 0.3) is 0 Å². The van der Waals surface area contributed by atoms with Gasteiger partial charge < -0.3 is 20.5 Å². The SMILES string of the molecule is CN(C)CC#Cc1nccc(N2CC3CC(Oc4cc(-c5ccccc5O)nnc4N)CC3C2)n1. The molecule has 0 radical (unpaired) electrons. The zero-order valence-corrected chi connectivity index (χ0v) is 19.9. The lowest BCUT2D eigenvalue weighted by Crippen LogP contribution is -2.25.